The van der Waals surface area contributed by atoms with Crippen LogP contribution in [0.25, 0.3) is 0 Å². The van der Waals surface area contributed by atoms with Crippen LogP contribution < -0.4 is 10.1 Å². The van der Waals surface area contributed by atoms with E-state index < -0.39 is 10.8 Å². The number of benzene rings is 2. The van der Waals surface area contributed by atoms with E-state index in [1.54, 1.807) is 12.1 Å². The van der Waals surface area contributed by atoms with Gasteiger partial charge in [-0.05, 0) is 54.3 Å². The summed E-state index contributed by atoms with van der Waals surface area (Å²) in [5, 5.41) is 13.3. The second-order valence-corrected chi connectivity index (χ2v) is 7.01. The number of nitrogens with one attached hydrogen (secondary N) is 1. The maximum Gasteiger partial charge on any atom is 0.291 e. The van der Waals surface area contributed by atoms with Gasteiger partial charge in [0.05, 0.1) is 4.92 Å². The number of anilines is 1. The molecule has 0 saturated carbocycles. The topological polar surface area (TPSA) is 94.6 Å². The largest absolute Gasteiger partial charge is 0.485 e. The Hall–Kier alpha value is -3.61. The van der Waals surface area contributed by atoms with Gasteiger partial charge in [-0.1, -0.05) is 26.0 Å². The highest BCUT2D eigenvalue weighted by molar-refractivity contribution is 6.02. The Kier molecular flexibility index (Phi) is 5.97. The number of hydrogen-bond donors (Lipinski definition) is 1. The van der Waals surface area contributed by atoms with Gasteiger partial charge in [0.1, 0.15) is 18.1 Å². The average Bonchev–Trinajstić information content (AvgIpc) is 3.16. The summed E-state index contributed by atoms with van der Waals surface area (Å²) in [6, 6.07) is 14.9. The molecule has 0 aliphatic rings. The summed E-state index contributed by atoms with van der Waals surface area (Å²) in [5.41, 5.74) is 2.61. The normalized spacial score (nSPS) is 10.8. The zero-order valence-corrected chi connectivity index (χ0v) is 16.5. The van der Waals surface area contributed by atoms with Crippen LogP contribution in [-0.4, -0.2) is 10.8 Å². The van der Waals surface area contributed by atoms with Crippen molar-refractivity contribution >= 4 is 17.3 Å². The Bertz CT molecular complexity index is 1020. The van der Waals surface area contributed by atoms with Gasteiger partial charge in [-0.2, -0.15) is 0 Å². The van der Waals surface area contributed by atoms with E-state index in [9.17, 15) is 14.9 Å². The van der Waals surface area contributed by atoms with Crippen molar-refractivity contribution in [2.24, 2.45) is 0 Å². The average molecular weight is 394 g/mol. The number of carbonyl (C=O) groups excluding carboxylic acids is 1. The molecule has 7 nitrogen and oxygen atoms in total. The third-order valence-electron chi connectivity index (χ3n) is 4.38. The molecule has 0 spiro atoms. The Morgan fingerprint density at radius 3 is 2.52 bits per heavy atom. The summed E-state index contributed by atoms with van der Waals surface area (Å²) in [6.45, 7) is 6.41. The highest BCUT2D eigenvalue weighted by Crippen LogP contribution is 2.28. The number of ether oxygens (including phenoxy) is 1. The summed E-state index contributed by atoms with van der Waals surface area (Å²) in [5.74, 6) is 1.34. The van der Waals surface area contributed by atoms with Crippen molar-refractivity contribution in [3.8, 4) is 5.75 Å². The van der Waals surface area contributed by atoms with Gasteiger partial charge in [-0.3, -0.25) is 14.9 Å². The standard InChI is InChI=1S/C22H22N2O5/c1-14(2)19-10-4-15(3)12-21(19)28-13-18-9-11-20(29-18)22(25)23-16-5-7-17(8-6-16)24(26)27/h4-12,14H,13H2,1-3H3,(H,23,25). The Morgan fingerprint density at radius 1 is 1.14 bits per heavy atom. The predicted molar refractivity (Wildman–Crippen MR) is 109 cm³/mol. The maximum absolute atomic E-state index is 12.3. The highest BCUT2D eigenvalue weighted by Gasteiger charge is 2.14. The van der Waals surface area contributed by atoms with E-state index in [2.05, 4.69) is 31.3 Å². The van der Waals surface area contributed by atoms with Crippen molar-refractivity contribution < 1.29 is 18.9 Å². The first-order valence-corrected chi connectivity index (χ1v) is 9.21. The van der Waals surface area contributed by atoms with Crippen molar-refractivity contribution in [2.75, 3.05) is 5.32 Å². The molecule has 0 fully saturated rings. The van der Waals surface area contributed by atoms with Gasteiger partial charge in [0.25, 0.3) is 11.6 Å². The number of amides is 1. The summed E-state index contributed by atoms with van der Waals surface area (Å²) >= 11 is 0. The van der Waals surface area contributed by atoms with Crippen LogP contribution >= 0.6 is 0 Å². The van der Waals surface area contributed by atoms with Crippen LogP contribution in [0.5, 0.6) is 5.75 Å². The van der Waals surface area contributed by atoms with Gasteiger partial charge >= 0.3 is 0 Å². The lowest BCUT2D eigenvalue weighted by Gasteiger charge is -2.14. The van der Waals surface area contributed by atoms with Gasteiger partial charge in [-0.25, -0.2) is 0 Å². The number of carbonyl (C=O) groups is 1. The van der Waals surface area contributed by atoms with Crippen LogP contribution in [0.1, 0.15) is 47.2 Å². The minimum Gasteiger partial charge on any atom is -0.485 e. The molecule has 3 aromatic rings. The van der Waals surface area contributed by atoms with Gasteiger partial charge in [0, 0.05) is 17.8 Å². The van der Waals surface area contributed by atoms with E-state index in [1.165, 1.54) is 24.3 Å². The molecule has 0 radical (unpaired) electrons. The number of rotatable bonds is 7. The van der Waals surface area contributed by atoms with Crippen LogP contribution in [0, 0.1) is 17.0 Å². The maximum atomic E-state index is 12.3. The molecule has 0 aliphatic carbocycles. The van der Waals surface area contributed by atoms with E-state index in [0.29, 0.717) is 17.4 Å². The van der Waals surface area contributed by atoms with E-state index in [4.69, 9.17) is 9.15 Å². The van der Waals surface area contributed by atoms with Gasteiger partial charge < -0.3 is 14.5 Å². The zero-order chi connectivity index (χ0) is 21.0. The monoisotopic (exact) mass is 394 g/mol. The first kappa shape index (κ1) is 20.1. The summed E-state index contributed by atoms with van der Waals surface area (Å²) in [7, 11) is 0. The fraction of sp³-hybridized carbons (Fsp3) is 0.227. The van der Waals surface area contributed by atoms with Crippen molar-refractivity contribution in [3.05, 3.63) is 87.4 Å². The molecular formula is C22H22N2O5. The predicted octanol–water partition coefficient (Wildman–Crippen LogP) is 5.45. The number of hydrogen-bond acceptors (Lipinski definition) is 5. The SMILES string of the molecule is Cc1ccc(C(C)C)c(OCc2ccc(C(=O)Nc3ccc([N+](=O)[O-])cc3)o2)c1. The molecule has 1 aromatic heterocycles. The Balaban J connectivity index is 1.64. The molecule has 29 heavy (non-hydrogen) atoms. The Labute approximate surface area is 168 Å². The van der Waals surface area contributed by atoms with E-state index in [-0.39, 0.29) is 18.1 Å². The molecule has 1 heterocycles. The van der Waals surface area contributed by atoms with Crippen LogP contribution in [0.15, 0.2) is 59.0 Å². The van der Waals surface area contributed by atoms with Crippen LogP contribution in [-0.2, 0) is 6.61 Å². The van der Waals surface area contributed by atoms with Crippen molar-refractivity contribution in [1.82, 2.24) is 0 Å². The second kappa shape index (κ2) is 8.60. The molecule has 0 saturated heterocycles. The molecule has 7 heteroatoms. The molecule has 1 amide bonds. The van der Waals surface area contributed by atoms with Gasteiger partial charge in [-0.15, -0.1) is 0 Å². The third kappa shape index (κ3) is 5.01. The fourth-order valence-corrected chi connectivity index (χ4v) is 2.83. The number of non-ortho nitro benzene ring substituents is 1. The summed E-state index contributed by atoms with van der Waals surface area (Å²) < 4.78 is 11.5. The van der Waals surface area contributed by atoms with Crippen molar-refractivity contribution in [1.29, 1.82) is 0 Å². The quantitative estimate of drug-likeness (QED) is 0.425. The lowest BCUT2D eigenvalue weighted by Crippen LogP contribution is -2.10. The van der Waals surface area contributed by atoms with E-state index >= 15 is 0 Å². The number of furan rings is 1. The molecule has 150 valence electrons. The highest BCUT2D eigenvalue weighted by atomic mass is 16.6. The summed E-state index contributed by atoms with van der Waals surface area (Å²) in [6.07, 6.45) is 0. The van der Waals surface area contributed by atoms with Crippen molar-refractivity contribution in [3.63, 3.8) is 0 Å². The summed E-state index contributed by atoms with van der Waals surface area (Å²) in [4.78, 5) is 22.5. The van der Waals surface area contributed by atoms with E-state index in [0.717, 1.165) is 16.9 Å². The van der Waals surface area contributed by atoms with Crippen LogP contribution in [0.2, 0.25) is 0 Å². The van der Waals surface area contributed by atoms with Crippen LogP contribution in [0.3, 0.4) is 0 Å². The molecule has 0 bridgehead atoms. The number of aryl methyl sites for hydroxylation is 1. The third-order valence-corrected chi connectivity index (χ3v) is 4.38. The second-order valence-electron chi connectivity index (χ2n) is 7.01. The van der Waals surface area contributed by atoms with Gasteiger partial charge in [0.2, 0.25) is 0 Å². The fourth-order valence-electron chi connectivity index (χ4n) is 2.83. The number of nitro groups is 1. The molecule has 0 aliphatic heterocycles. The lowest BCUT2D eigenvalue weighted by atomic mass is 10.0. The first-order chi connectivity index (χ1) is 13.8. The molecule has 2 aromatic carbocycles. The smallest absolute Gasteiger partial charge is 0.291 e. The van der Waals surface area contributed by atoms with Crippen molar-refractivity contribution in [2.45, 2.75) is 33.3 Å². The molecular weight excluding hydrogens is 372 g/mol. The van der Waals surface area contributed by atoms with Crippen LogP contribution in [0.4, 0.5) is 11.4 Å². The number of nitrogens with zero attached hydrogens (tertiary/aromatic N) is 1. The minimum atomic E-state index is -0.497. The lowest BCUT2D eigenvalue weighted by molar-refractivity contribution is -0.384. The number of nitro benzene ring substituents is 1. The molecule has 3 rings (SSSR count). The molecule has 1 N–H and O–H groups in total. The zero-order valence-electron chi connectivity index (χ0n) is 16.5. The molecule has 0 unspecified atom stereocenters. The molecule has 0 atom stereocenters. The minimum absolute atomic E-state index is 0.0441. The first-order valence-electron chi connectivity index (χ1n) is 9.21. The van der Waals surface area contributed by atoms with E-state index in [1.807, 2.05) is 13.0 Å². The van der Waals surface area contributed by atoms with Gasteiger partial charge in [0.15, 0.2) is 5.76 Å². The Morgan fingerprint density at radius 2 is 1.86 bits per heavy atom.